The monoisotopic (exact) mass is 577 g/mol. The Bertz CT molecular complexity index is 1430. The van der Waals surface area contributed by atoms with Gasteiger partial charge in [-0.05, 0) is 92.1 Å². The first kappa shape index (κ1) is 28.6. The molecule has 7 nitrogen and oxygen atoms in total. The molecule has 3 saturated heterocycles. The Morgan fingerprint density at radius 3 is 2.45 bits per heavy atom. The minimum atomic E-state index is -0.779. The average Bonchev–Trinajstić information content (AvgIpc) is 2.96. The predicted molar refractivity (Wildman–Crippen MR) is 156 cm³/mol. The standard InChI is InChI=1S/C33H37F2N3O4/c1-21-14-24(22-5-10-37(11-6-22)28-19-41-20-28)2-3-26(21)18-42-32-29(16-27(34)17-30(32)35)25-4-9-36-31(15-25)38-12-7-23(8-13-38)33(39)40/h2-4,9,14-17,22-23,28H,5-8,10-13,18-20H2,1H3,(H,39,40). The number of carbonyl (C=O) groups is 1. The molecule has 0 amide bonds. The number of aryl methyl sites for hydroxylation is 1. The molecule has 0 saturated carbocycles. The second kappa shape index (κ2) is 12.4. The predicted octanol–water partition coefficient (Wildman–Crippen LogP) is 5.79. The van der Waals surface area contributed by atoms with Gasteiger partial charge in [-0.3, -0.25) is 9.69 Å². The van der Waals surface area contributed by atoms with E-state index in [4.69, 9.17) is 9.47 Å². The molecule has 0 atom stereocenters. The molecule has 3 aliphatic rings. The van der Waals surface area contributed by atoms with Crippen LogP contribution in [0.3, 0.4) is 0 Å². The van der Waals surface area contributed by atoms with Crippen molar-refractivity contribution in [2.75, 3.05) is 44.3 Å². The highest BCUT2D eigenvalue weighted by Gasteiger charge is 2.30. The van der Waals surface area contributed by atoms with Crippen LogP contribution in [0.1, 0.15) is 48.3 Å². The third-order valence-corrected chi connectivity index (χ3v) is 9.11. The van der Waals surface area contributed by atoms with E-state index in [1.54, 1.807) is 18.3 Å². The fourth-order valence-electron chi connectivity index (χ4n) is 6.35. The number of carboxylic acids is 1. The second-order valence-corrected chi connectivity index (χ2v) is 11.7. The maximum Gasteiger partial charge on any atom is 0.306 e. The largest absolute Gasteiger partial charge is 0.485 e. The number of ether oxygens (including phenoxy) is 2. The third-order valence-electron chi connectivity index (χ3n) is 9.11. The van der Waals surface area contributed by atoms with Gasteiger partial charge in [-0.15, -0.1) is 0 Å². The lowest BCUT2D eigenvalue weighted by Crippen LogP contribution is -2.51. The van der Waals surface area contributed by atoms with E-state index in [2.05, 4.69) is 28.1 Å². The lowest BCUT2D eigenvalue weighted by atomic mass is 9.87. The lowest BCUT2D eigenvalue weighted by Gasteiger charge is -2.41. The minimum Gasteiger partial charge on any atom is -0.485 e. The van der Waals surface area contributed by atoms with Gasteiger partial charge in [0.25, 0.3) is 0 Å². The highest BCUT2D eigenvalue weighted by Crippen LogP contribution is 2.37. The van der Waals surface area contributed by atoms with Crippen LogP contribution in [-0.2, 0) is 16.1 Å². The second-order valence-electron chi connectivity index (χ2n) is 11.7. The van der Waals surface area contributed by atoms with E-state index in [0.717, 1.165) is 56.3 Å². The van der Waals surface area contributed by atoms with Gasteiger partial charge in [0.05, 0.1) is 25.2 Å². The van der Waals surface area contributed by atoms with Crippen molar-refractivity contribution in [2.45, 2.75) is 51.2 Å². The Labute approximate surface area is 245 Å². The number of pyridine rings is 1. The summed E-state index contributed by atoms with van der Waals surface area (Å²) in [6.45, 7) is 7.20. The maximum absolute atomic E-state index is 15.1. The third kappa shape index (κ3) is 6.13. The number of anilines is 1. The molecule has 42 heavy (non-hydrogen) atoms. The van der Waals surface area contributed by atoms with Gasteiger partial charge >= 0.3 is 5.97 Å². The van der Waals surface area contributed by atoms with Crippen LogP contribution in [-0.4, -0.2) is 66.4 Å². The summed E-state index contributed by atoms with van der Waals surface area (Å²) in [7, 11) is 0. The Hall–Kier alpha value is -3.56. The van der Waals surface area contributed by atoms with Crippen LogP contribution in [0.15, 0.2) is 48.7 Å². The van der Waals surface area contributed by atoms with Crippen LogP contribution >= 0.6 is 0 Å². The summed E-state index contributed by atoms with van der Waals surface area (Å²) in [5.74, 6) is -1.43. The topological polar surface area (TPSA) is 75.1 Å². The highest BCUT2D eigenvalue weighted by atomic mass is 19.1. The number of aromatic nitrogens is 1. The zero-order valence-corrected chi connectivity index (χ0v) is 23.9. The molecular weight excluding hydrogens is 540 g/mol. The Kier molecular flexibility index (Phi) is 8.40. The Balaban J connectivity index is 1.15. The molecule has 6 rings (SSSR count). The molecule has 3 fully saturated rings. The Morgan fingerprint density at radius 1 is 1.02 bits per heavy atom. The van der Waals surface area contributed by atoms with Crippen molar-refractivity contribution in [1.82, 2.24) is 9.88 Å². The van der Waals surface area contributed by atoms with E-state index < -0.39 is 17.6 Å². The summed E-state index contributed by atoms with van der Waals surface area (Å²) >= 11 is 0. The van der Waals surface area contributed by atoms with Gasteiger partial charge < -0.3 is 19.5 Å². The normalized spacial score (nSPS) is 19.1. The SMILES string of the molecule is Cc1cc(C2CCN(C3COC3)CC2)ccc1COc1c(F)cc(F)cc1-c1ccnc(N2CCC(C(=O)O)CC2)c1. The molecule has 3 aliphatic heterocycles. The van der Waals surface area contributed by atoms with E-state index >= 15 is 4.39 Å². The number of halogens is 2. The summed E-state index contributed by atoms with van der Waals surface area (Å²) in [4.78, 5) is 20.3. The zero-order valence-electron chi connectivity index (χ0n) is 23.9. The van der Waals surface area contributed by atoms with E-state index in [1.165, 1.54) is 11.6 Å². The van der Waals surface area contributed by atoms with Crippen molar-refractivity contribution in [3.05, 3.63) is 77.0 Å². The average molecular weight is 578 g/mol. The van der Waals surface area contributed by atoms with Crippen molar-refractivity contribution in [2.24, 2.45) is 5.92 Å². The molecule has 0 spiro atoms. The quantitative estimate of drug-likeness (QED) is 0.363. The molecule has 4 heterocycles. The molecular formula is C33H37F2N3O4. The number of hydrogen-bond acceptors (Lipinski definition) is 6. The van der Waals surface area contributed by atoms with E-state index in [9.17, 15) is 14.3 Å². The van der Waals surface area contributed by atoms with Gasteiger partial charge in [0.15, 0.2) is 11.6 Å². The zero-order chi connectivity index (χ0) is 29.2. The summed E-state index contributed by atoms with van der Waals surface area (Å²) in [5, 5.41) is 9.30. The van der Waals surface area contributed by atoms with Crippen LogP contribution in [0.4, 0.5) is 14.6 Å². The smallest absolute Gasteiger partial charge is 0.306 e. The number of piperidine rings is 2. The number of benzene rings is 2. The van der Waals surface area contributed by atoms with Crippen molar-refractivity contribution in [3.63, 3.8) is 0 Å². The molecule has 0 aliphatic carbocycles. The molecule has 0 radical (unpaired) electrons. The molecule has 3 aromatic rings. The molecule has 0 unspecified atom stereocenters. The number of aliphatic carboxylic acids is 1. The molecule has 0 bridgehead atoms. The number of nitrogens with zero attached hydrogens (tertiary/aromatic N) is 3. The molecule has 1 N–H and O–H groups in total. The molecule has 9 heteroatoms. The number of rotatable bonds is 8. The fourth-order valence-corrected chi connectivity index (χ4v) is 6.35. The molecule has 1 aromatic heterocycles. The highest BCUT2D eigenvalue weighted by molar-refractivity contribution is 5.73. The van der Waals surface area contributed by atoms with Crippen LogP contribution in [0, 0.1) is 24.5 Å². The van der Waals surface area contributed by atoms with Gasteiger partial charge in [0, 0.05) is 30.9 Å². The number of hydrogen-bond donors (Lipinski definition) is 1. The number of likely N-dealkylation sites (tertiary alicyclic amines) is 1. The van der Waals surface area contributed by atoms with E-state index in [-0.39, 0.29) is 18.3 Å². The summed E-state index contributed by atoms with van der Waals surface area (Å²) < 4.78 is 41.0. The lowest BCUT2D eigenvalue weighted by molar-refractivity contribution is -0.142. The van der Waals surface area contributed by atoms with Gasteiger partial charge in [0.2, 0.25) is 0 Å². The minimum absolute atomic E-state index is 0.00559. The first-order valence-electron chi connectivity index (χ1n) is 14.8. The van der Waals surface area contributed by atoms with Crippen LogP contribution in [0.5, 0.6) is 5.75 Å². The van der Waals surface area contributed by atoms with Gasteiger partial charge in [-0.1, -0.05) is 18.2 Å². The van der Waals surface area contributed by atoms with Crippen LogP contribution in [0.2, 0.25) is 0 Å². The number of carboxylic acid groups (broad SMARTS) is 1. The van der Waals surface area contributed by atoms with Crippen LogP contribution in [0.25, 0.3) is 11.1 Å². The maximum atomic E-state index is 15.1. The fraction of sp³-hybridized carbons (Fsp3) is 0.455. The summed E-state index contributed by atoms with van der Waals surface area (Å²) in [6.07, 6.45) is 4.91. The van der Waals surface area contributed by atoms with Crippen molar-refractivity contribution < 1.29 is 28.2 Å². The van der Waals surface area contributed by atoms with Gasteiger partial charge in [0.1, 0.15) is 18.2 Å². The van der Waals surface area contributed by atoms with Crippen LogP contribution < -0.4 is 9.64 Å². The van der Waals surface area contributed by atoms with Gasteiger partial charge in [-0.25, -0.2) is 13.8 Å². The van der Waals surface area contributed by atoms with E-state index in [0.29, 0.717) is 54.8 Å². The van der Waals surface area contributed by atoms with Crippen molar-refractivity contribution in [1.29, 1.82) is 0 Å². The molecule has 2 aromatic carbocycles. The Morgan fingerprint density at radius 2 is 1.79 bits per heavy atom. The molecule has 222 valence electrons. The first-order chi connectivity index (χ1) is 20.4. The van der Waals surface area contributed by atoms with Crippen molar-refractivity contribution >= 4 is 11.8 Å². The van der Waals surface area contributed by atoms with E-state index in [1.807, 2.05) is 11.8 Å². The van der Waals surface area contributed by atoms with Crippen molar-refractivity contribution in [3.8, 4) is 16.9 Å². The first-order valence-corrected chi connectivity index (χ1v) is 14.8. The summed E-state index contributed by atoms with van der Waals surface area (Å²) in [5.41, 5.74) is 4.26. The summed E-state index contributed by atoms with van der Waals surface area (Å²) in [6, 6.07) is 12.6. The van der Waals surface area contributed by atoms with Gasteiger partial charge in [-0.2, -0.15) is 0 Å².